The lowest BCUT2D eigenvalue weighted by atomic mass is 10.1. The summed E-state index contributed by atoms with van der Waals surface area (Å²) in [5.74, 6) is 0.274. The van der Waals surface area contributed by atoms with Gasteiger partial charge in [-0.15, -0.1) is 0 Å². The number of hydrogen-bond acceptors (Lipinski definition) is 5. The number of nitrogens with one attached hydrogen (secondary N) is 1. The number of ether oxygens (including phenoxy) is 1. The highest BCUT2D eigenvalue weighted by atomic mass is 32.2. The highest BCUT2D eigenvalue weighted by molar-refractivity contribution is 8.00. The van der Waals surface area contributed by atoms with Gasteiger partial charge in [0, 0.05) is 12.2 Å². The zero-order chi connectivity index (χ0) is 24.2. The number of benzene rings is 3. The highest BCUT2D eigenvalue weighted by Crippen LogP contribution is 2.28. The number of thiocarbonyl (C=S) groups is 1. The number of sulfone groups is 1. The lowest BCUT2D eigenvalue weighted by Crippen LogP contribution is -2.35. The summed E-state index contributed by atoms with van der Waals surface area (Å²) < 4.78 is 32.4. The Balaban J connectivity index is 1.75. The van der Waals surface area contributed by atoms with Crippen LogP contribution in [0, 0.1) is 6.92 Å². The molecule has 3 aromatic carbocycles. The zero-order valence-electron chi connectivity index (χ0n) is 18.2. The van der Waals surface area contributed by atoms with Gasteiger partial charge in [-0.3, -0.25) is 0 Å². The Labute approximate surface area is 198 Å². The van der Waals surface area contributed by atoms with E-state index in [2.05, 4.69) is 18.6 Å². The molecule has 1 amide bonds. The third-order valence-corrected chi connectivity index (χ3v) is 7.15. The highest BCUT2D eigenvalue weighted by Gasteiger charge is 2.23. The Morgan fingerprint density at radius 3 is 2.18 bits per heavy atom. The quantitative estimate of drug-likeness (QED) is 0.320. The van der Waals surface area contributed by atoms with Crippen molar-refractivity contribution in [2.45, 2.75) is 11.8 Å². The fourth-order valence-corrected chi connectivity index (χ4v) is 4.48. The second kappa shape index (κ2) is 9.89. The van der Waals surface area contributed by atoms with Crippen molar-refractivity contribution in [1.82, 2.24) is 5.32 Å². The molecular weight excluding hydrogens is 456 g/mol. The number of amides is 1. The molecule has 0 aliphatic carbocycles. The van der Waals surface area contributed by atoms with Gasteiger partial charge >= 0.3 is 11.0 Å². The Morgan fingerprint density at radius 1 is 1.00 bits per heavy atom. The second-order valence-corrected chi connectivity index (χ2v) is 9.51. The summed E-state index contributed by atoms with van der Waals surface area (Å²) >= 11 is 5.30. The standard InChI is InChI=1S/C25H22N2O4S2/c1-17-7-5-6-8-23(17)24(28)26-25(32)27(3)20-11-15-22(16-12-20)33(29,30)18(2)19-9-13-21(31-4)14-10-19/h5-16H,2-3H2,1,4H3/p+1. The smallest absolute Gasteiger partial charge is 0.356 e. The molecule has 168 valence electrons. The summed E-state index contributed by atoms with van der Waals surface area (Å²) in [7, 11) is -2.28. The van der Waals surface area contributed by atoms with E-state index in [1.165, 1.54) is 23.8 Å². The van der Waals surface area contributed by atoms with Crippen LogP contribution in [0.2, 0.25) is 0 Å². The molecule has 0 atom stereocenters. The predicted octanol–water partition coefficient (Wildman–Crippen LogP) is 4.51. The van der Waals surface area contributed by atoms with E-state index in [-0.39, 0.29) is 20.8 Å². The van der Waals surface area contributed by atoms with Gasteiger partial charge in [0.2, 0.25) is 9.84 Å². The van der Waals surface area contributed by atoms with Crippen LogP contribution >= 0.6 is 12.2 Å². The maximum atomic E-state index is 13.0. The molecule has 0 saturated heterocycles. The van der Waals surface area contributed by atoms with Crippen LogP contribution in [-0.4, -0.2) is 37.8 Å². The minimum absolute atomic E-state index is 0.0228. The SMILES string of the molecule is C=C(c1ccc(OC)cc1)S(=O)(=O)c1ccc([N+](=C)C(=S)NC(=O)c2ccccc2C)cc1. The lowest BCUT2D eigenvalue weighted by molar-refractivity contribution is -0.294. The van der Waals surface area contributed by atoms with Crippen LogP contribution in [0.5, 0.6) is 5.75 Å². The fourth-order valence-electron chi connectivity index (χ4n) is 3.06. The van der Waals surface area contributed by atoms with Gasteiger partial charge in [-0.05, 0) is 60.5 Å². The van der Waals surface area contributed by atoms with Crippen molar-refractivity contribution in [1.29, 1.82) is 0 Å². The number of methoxy groups -OCH3 is 1. The maximum Gasteiger partial charge on any atom is 0.356 e. The van der Waals surface area contributed by atoms with E-state index < -0.39 is 9.84 Å². The van der Waals surface area contributed by atoms with Gasteiger partial charge in [0.15, 0.2) is 0 Å². The fraction of sp³-hybridized carbons (Fsp3) is 0.0800. The van der Waals surface area contributed by atoms with Crippen LogP contribution < -0.4 is 10.1 Å². The van der Waals surface area contributed by atoms with E-state index in [9.17, 15) is 13.2 Å². The Kier molecular flexibility index (Phi) is 7.20. The van der Waals surface area contributed by atoms with Crippen LogP contribution in [0.1, 0.15) is 21.5 Å². The van der Waals surface area contributed by atoms with E-state index in [1.54, 1.807) is 48.5 Å². The summed E-state index contributed by atoms with van der Waals surface area (Å²) in [5.41, 5.74) is 2.31. The first kappa shape index (κ1) is 24.0. The molecule has 0 aromatic heterocycles. The number of carbonyl (C=O) groups is 1. The van der Waals surface area contributed by atoms with Crippen LogP contribution in [0.4, 0.5) is 5.69 Å². The summed E-state index contributed by atoms with van der Waals surface area (Å²) in [6, 6.07) is 19.8. The van der Waals surface area contributed by atoms with Crippen molar-refractivity contribution in [3.63, 3.8) is 0 Å². The van der Waals surface area contributed by atoms with Crippen molar-refractivity contribution in [2.75, 3.05) is 7.11 Å². The van der Waals surface area contributed by atoms with Gasteiger partial charge in [-0.1, -0.05) is 36.9 Å². The molecule has 0 fully saturated rings. The average molecular weight is 480 g/mol. The molecule has 6 nitrogen and oxygen atoms in total. The van der Waals surface area contributed by atoms with E-state index in [1.807, 2.05) is 19.1 Å². The van der Waals surface area contributed by atoms with Crippen molar-refractivity contribution in [2.24, 2.45) is 0 Å². The molecule has 0 bridgehead atoms. The molecule has 0 aliphatic rings. The van der Waals surface area contributed by atoms with Crippen molar-refractivity contribution < 1.29 is 22.5 Å². The number of aryl methyl sites for hydroxylation is 1. The predicted molar refractivity (Wildman–Crippen MR) is 134 cm³/mol. The first-order chi connectivity index (χ1) is 15.6. The van der Waals surface area contributed by atoms with Gasteiger partial charge in [0.25, 0.3) is 0 Å². The van der Waals surface area contributed by atoms with Crippen molar-refractivity contribution >= 4 is 50.4 Å². The van der Waals surface area contributed by atoms with Crippen molar-refractivity contribution in [3.8, 4) is 5.75 Å². The monoisotopic (exact) mass is 479 g/mol. The normalized spacial score (nSPS) is 10.8. The minimum atomic E-state index is -3.81. The third-order valence-electron chi connectivity index (χ3n) is 5.05. The molecule has 8 heteroatoms. The molecule has 0 aliphatic heterocycles. The van der Waals surface area contributed by atoms with Gasteiger partial charge in [-0.25, -0.2) is 13.2 Å². The molecule has 3 aromatic rings. The molecular formula is C25H23N2O4S2+. The molecule has 1 N–H and O–H groups in total. The molecule has 0 radical (unpaired) electrons. The van der Waals surface area contributed by atoms with E-state index in [4.69, 9.17) is 17.0 Å². The van der Waals surface area contributed by atoms with Crippen LogP contribution in [0.25, 0.3) is 4.91 Å². The zero-order valence-corrected chi connectivity index (χ0v) is 19.9. The van der Waals surface area contributed by atoms with E-state index in [0.717, 1.165) is 5.56 Å². The Morgan fingerprint density at radius 2 is 1.61 bits per heavy atom. The third kappa shape index (κ3) is 5.24. The molecule has 0 heterocycles. The number of nitrogens with zero attached hydrogens (tertiary/aromatic N) is 1. The summed E-state index contributed by atoms with van der Waals surface area (Å²) in [5, 5.41) is 2.73. The summed E-state index contributed by atoms with van der Waals surface area (Å²) in [4.78, 5) is 12.6. The second-order valence-electron chi connectivity index (χ2n) is 7.15. The largest absolute Gasteiger partial charge is 0.497 e. The van der Waals surface area contributed by atoms with E-state index >= 15 is 0 Å². The summed E-state index contributed by atoms with van der Waals surface area (Å²) in [6.45, 7) is 9.46. The Bertz CT molecular complexity index is 1340. The van der Waals surface area contributed by atoms with Crippen molar-refractivity contribution in [3.05, 3.63) is 96.1 Å². The van der Waals surface area contributed by atoms with Crippen LogP contribution in [-0.2, 0) is 9.84 Å². The lowest BCUT2D eigenvalue weighted by Gasteiger charge is -2.10. The first-order valence-corrected chi connectivity index (χ1v) is 11.7. The van der Waals surface area contributed by atoms with Gasteiger partial charge in [-0.2, -0.15) is 9.89 Å². The molecule has 0 saturated carbocycles. The molecule has 3 rings (SSSR count). The maximum absolute atomic E-state index is 13.0. The molecule has 33 heavy (non-hydrogen) atoms. The van der Waals surface area contributed by atoms with Gasteiger partial charge in [0.05, 0.1) is 29.2 Å². The first-order valence-electron chi connectivity index (χ1n) is 9.85. The van der Waals surface area contributed by atoms with Gasteiger partial charge < -0.3 is 4.74 Å². The number of rotatable bonds is 6. The Hall–Kier alpha value is -3.62. The average Bonchev–Trinajstić information content (AvgIpc) is 2.83. The summed E-state index contributed by atoms with van der Waals surface area (Å²) in [6.07, 6.45) is 0. The number of hydrogen-bond donors (Lipinski definition) is 1. The number of carbonyl (C=O) groups excluding carboxylic acids is 1. The van der Waals surface area contributed by atoms with Crippen LogP contribution in [0.3, 0.4) is 0 Å². The van der Waals surface area contributed by atoms with E-state index in [0.29, 0.717) is 22.6 Å². The topological polar surface area (TPSA) is 75.5 Å². The molecule has 0 unspecified atom stereocenters. The van der Waals surface area contributed by atoms with Crippen LogP contribution in [0.15, 0.2) is 84.3 Å². The molecule has 0 spiro atoms. The van der Waals surface area contributed by atoms with Gasteiger partial charge in [0.1, 0.15) is 11.4 Å². The minimum Gasteiger partial charge on any atom is -0.497 e.